The van der Waals surface area contributed by atoms with E-state index in [-0.39, 0.29) is 5.41 Å². The fourth-order valence-corrected chi connectivity index (χ4v) is 5.15. The second-order valence-electron chi connectivity index (χ2n) is 6.56. The maximum Gasteiger partial charge on any atom is 0.326 e. The van der Waals surface area contributed by atoms with Crippen molar-refractivity contribution in [1.29, 1.82) is 0 Å². The van der Waals surface area contributed by atoms with Gasteiger partial charge in [-0.2, -0.15) is 0 Å². The standard InChI is InChI=1S/C13H20N2O3/c14-12(18)15-10(11(16)17)13-4-7-1-8(5-13)3-9(2-7)6-13/h7-10H,1-6H2,(H,16,17)(H3,14,15,18). The fraction of sp³-hybridized carbons (Fsp3) is 0.846. The van der Waals surface area contributed by atoms with Crippen molar-refractivity contribution in [2.45, 2.75) is 44.6 Å². The number of hydrogen-bond donors (Lipinski definition) is 3. The number of hydrogen-bond acceptors (Lipinski definition) is 2. The van der Waals surface area contributed by atoms with Crippen molar-refractivity contribution in [3.8, 4) is 0 Å². The summed E-state index contributed by atoms with van der Waals surface area (Å²) in [6.45, 7) is 0. The van der Waals surface area contributed by atoms with Gasteiger partial charge in [0.05, 0.1) is 0 Å². The summed E-state index contributed by atoms with van der Waals surface area (Å²) in [5.41, 5.74) is 4.90. The zero-order chi connectivity index (χ0) is 12.9. The molecule has 0 spiro atoms. The molecule has 4 aliphatic rings. The highest BCUT2D eigenvalue weighted by Crippen LogP contribution is 2.61. The van der Waals surface area contributed by atoms with Gasteiger partial charge in [0.2, 0.25) is 0 Å². The summed E-state index contributed by atoms with van der Waals surface area (Å²) < 4.78 is 0. The van der Waals surface area contributed by atoms with Crippen LogP contribution in [0.4, 0.5) is 4.79 Å². The quantitative estimate of drug-likeness (QED) is 0.707. The average Bonchev–Trinajstić information content (AvgIpc) is 2.23. The van der Waals surface area contributed by atoms with Gasteiger partial charge < -0.3 is 16.2 Å². The van der Waals surface area contributed by atoms with Crippen molar-refractivity contribution >= 4 is 12.0 Å². The molecule has 0 heterocycles. The van der Waals surface area contributed by atoms with Gasteiger partial charge in [-0.3, -0.25) is 0 Å². The highest BCUT2D eigenvalue weighted by molar-refractivity contribution is 5.82. The number of aliphatic carboxylic acids is 1. The zero-order valence-electron chi connectivity index (χ0n) is 10.4. The molecule has 0 aliphatic heterocycles. The SMILES string of the molecule is NC(=O)NC(C(=O)O)C12CC3CC(CC(C3)C1)C2. The average molecular weight is 252 g/mol. The summed E-state index contributed by atoms with van der Waals surface area (Å²) in [6, 6.07) is -1.53. The van der Waals surface area contributed by atoms with Gasteiger partial charge in [0.15, 0.2) is 0 Å². The van der Waals surface area contributed by atoms with Crippen LogP contribution >= 0.6 is 0 Å². The van der Waals surface area contributed by atoms with Gasteiger partial charge in [-0.1, -0.05) is 0 Å². The van der Waals surface area contributed by atoms with Crippen molar-refractivity contribution in [3.63, 3.8) is 0 Å². The van der Waals surface area contributed by atoms with Gasteiger partial charge in [0, 0.05) is 5.41 Å². The van der Waals surface area contributed by atoms with Crippen molar-refractivity contribution < 1.29 is 14.7 Å². The van der Waals surface area contributed by atoms with Gasteiger partial charge in [-0.05, 0) is 56.3 Å². The lowest BCUT2D eigenvalue weighted by Crippen LogP contribution is -2.60. The van der Waals surface area contributed by atoms with E-state index >= 15 is 0 Å². The van der Waals surface area contributed by atoms with Crippen LogP contribution in [0, 0.1) is 23.2 Å². The van der Waals surface area contributed by atoms with Crippen molar-refractivity contribution in [3.05, 3.63) is 0 Å². The molecule has 4 N–H and O–H groups in total. The third-order valence-electron chi connectivity index (χ3n) is 5.23. The molecule has 4 fully saturated rings. The Labute approximate surface area is 106 Å². The molecule has 0 aromatic carbocycles. The first kappa shape index (κ1) is 11.8. The second kappa shape index (κ2) is 3.87. The molecule has 18 heavy (non-hydrogen) atoms. The van der Waals surface area contributed by atoms with Gasteiger partial charge in [-0.15, -0.1) is 0 Å². The molecule has 0 saturated heterocycles. The van der Waals surface area contributed by atoms with Gasteiger partial charge in [0.1, 0.15) is 6.04 Å². The zero-order valence-corrected chi connectivity index (χ0v) is 10.4. The molecule has 4 saturated carbocycles. The largest absolute Gasteiger partial charge is 0.480 e. The number of amides is 2. The molecule has 1 unspecified atom stereocenters. The van der Waals surface area contributed by atoms with Crippen LogP contribution in [-0.2, 0) is 4.79 Å². The van der Waals surface area contributed by atoms with Crippen molar-refractivity contribution in [2.75, 3.05) is 0 Å². The Morgan fingerprint density at radius 3 is 1.89 bits per heavy atom. The van der Waals surface area contributed by atoms with E-state index in [4.69, 9.17) is 5.73 Å². The number of carbonyl (C=O) groups is 2. The van der Waals surface area contributed by atoms with Gasteiger partial charge >= 0.3 is 12.0 Å². The smallest absolute Gasteiger partial charge is 0.326 e. The molecule has 4 rings (SSSR count). The lowest BCUT2D eigenvalue weighted by molar-refractivity contribution is -0.150. The maximum atomic E-state index is 11.5. The molecule has 1 atom stereocenters. The van der Waals surface area contributed by atoms with Crippen LogP contribution in [0.2, 0.25) is 0 Å². The molecule has 4 bridgehead atoms. The first-order valence-electron chi connectivity index (χ1n) is 6.77. The van der Waals surface area contributed by atoms with Crippen LogP contribution in [0.3, 0.4) is 0 Å². The predicted octanol–water partition coefficient (Wildman–Crippen LogP) is 1.32. The van der Waals surface area contributed by atoms with Crippen molar-refractivity contribution in [2.24, 2.45) is 28.9 Å². The summed E-state index contributed by atoms with van der Waals surface area (Å²) in [5.74, 6) is 1.05. The number of nitrogens with one attached hydrogen (secondary N) is 1. The Morgan fingerprint density at radius 2 is 1.56 bits per heavy atom. The van der Waals surface area contributed by atoms with Crippen molar-refractivity contribution in [1.82, 2.24) is 5.32 Å². The molecule has 0 aromatic heterocycles. The van der Waals surface area contributed by atoms with Crippen LogP contribution in [-0.4, -0.2) is 23.1 Å². The monoisotopic (exact) mass is 252 g/mol. The van der Waals surface area contributed by atoms with E-state index in [0.717, 1.165) is 19.3 Å². The summed E-state index contributed by atoms with van der Waals surface area (Å²) in [5, 5.41) is 11.9. The lowest BCUT2D eigenvalue weighted by Gasteiger charge is -2.58. The van der Waals surface area contributed by atoms with E-state index in [1.165, 1.54) is 19.3 Å². The van der Waals surface area contributed by atoms with Gasteiger partial charge in [-0.25, -0.2) is 9.59 Å². The molecular formula is C13H20N2O3. The normalized spacial score (nSPS) is 42.6. The van der Waals surface area contributed by atoms with Crippen LogP contribution < -0.4 is 11.1 Å². The van der Waals surface area contributed by atoms with E-state index < -0.39 is 18.0 Å². The van der Waals surface area contributed by atoms with Crippen LogP contribution in [0.25, 0.3) is 0 Å². The number of nitrogens with two attached hydrogens (primary N) is 1. The molecule has 5 nitrogen and oxygen atoms in total. The van der Waals surface area contributed by atoms with E-state index in [9.17, 15) is 14.7 Å². The molecule has 100 valence electrons. The molecule has 0 radical (unpaired) electrons. The third kappa shape index (κ3) is 1.76. The van der Waals surface area contributed by atoms with E-state index in [2.05, 4.69) is 5.32 Å². The fourth-order valence-electron chi connectivity index (χ4n) is 5.15. The van der Waals surface area contributed by atoms with Crippen LogP contribution in [0.5, 0.6) is 0 Å². The van der Waals surface area contributed by atoms with E-state index in [1.807, 2.05) is 0 Å². The molecule has 2 amide bonds. The second-order valence-corrected chi connectivity index (χ2v) is 6.56. The highest BCUT2D eigenvalue weighted by atomic mass is 16.4. The minimum absolute atomic E-state index is 0.240. The van der Waals surface area contributed by atoms with Gasteiger partial charge in [0.25, 0.3) is 0 Å². The summed E-state index contributed by atoms with van der Waals surface area (Å²) >= 11 is 0. The summed E-state index contributed by atoms with van der Waals surface area (Å²) in [4.78, 5) is 22.5. The molecule has 0 aromatic rings. The molecular weight excluding hydrogens is 232 g/mol. The molecule has 5 heteroatoms. The number of primary amides is 1. The highest BCUT2D eigenvalue weighted by Gasteiger charge is 2.56. The van der Waals surface area contributed by atoms with E-state index in [0.29, 0.717) is 17.8 Å². The van der Waals surface area contributed by atoms with Crippen LogP contribution in [0.1, 0.15) is 38.5 Å². The minimum atomic E-state index is -0.934. The minimum Gasteiger partial charge on any atom is -0.480 e. The Bertz CT molecular complexity index is 358. The Balaban J connectivity index is 1.88. The summed E-state index contributed by atoms with van der Waals surface area (Å²) in [7, 11) is 0. The topological polar surface area (TPSA) is 92.4 Å². The van der Waals surface area contributed by atoms with E-state index in [1.54, 1.807) is 0 Å². The lowest BCUT2D eigenvalue weighted by atomic mass is 9.47. The summed E-state index contributed by atoms with van der Waals surface area (Å²) in [6.07, 6.45) is 6.58. The number of urea groups is 1. The maximum absolute atomic E-state index is 11.5. The Morgan fingerprint density at radius 1 is 1.11 bits per heavy atom. The number of carboxylic acid groups (broad SMARTS) is 1. The number of carbonyl (C=O) groups excluding carboxylic acids is 1. The predicted molar refractivity (Wildman–Crippen MR) is 64.7 cm³/mol. The molecule has 4 aliphatic carbocycles. The number of carboxylic acids is 1. The first-order chi connectivity index (χ1) is 8.48. The van der Waals surface area contributed by atoms with Crippen LogP contribution in [0.15, 0.2) is 0 Å². The first-order valence-corrected chi connectivity index (χ1v) is 6.77. The Kier molecular flexibility index (Phi) is 2.54. The number of rotatable bonds is 3. The third-order valence-corrected chi connectivity index (χ3v) is 5.23. The Hall–Kier alpha value is -1.26.